The minimum atomic E-state index is -0.387. The lowest BCUT2D eigenvalue weighted by Gasteiger charge is -2.05. The number of nitrogens with one attached hydrogen (secondary N) is 1. The van der Waals surface area contributed by atoms with E-state index in [1.165, 1.54) is 0 Å². The maximum absolute atomic E-state index is 12.2. The van der Waals surface area contributed by atoms with Crippen molar-refractivity contribution in [2.24, 2.45) is 0 Å². The molecule has 6 heteroatoms. The molecule has 1 amide bonds. The summed E-state index contributed by atoms with van der Waals surface area (Å²) in [6, 6.07) is 17.6. The van der Waals surface area contributed by atoms with Gasteiger partial charge < -0.3 is 14.5 Å². The smallest absolute Gasteiger partial charge is 0.292 e. The highest BCUT2D eigenvalue weighted by molar-refractivity contribution is 6.01. The van der Waals surface area contributed by atoms with E-state index in [9.17, 15) is 4.79 Å². The predicted molar refractivity (Wildman–Crippen MR) is 91.1 cm³/mol. The van der Waals surface area contributed by atoms with Gasteiger partial charge in [-0.25, -0.2) is 4.98 Å². The molecule has 3 aromatic rings. The normalized spacial score (nSPS) is 10.1. The highest BCUT2D eigenvalue weighted by Crippen LogP contribution is 2.19. The van der Waals surface area contributed by atoms with Gasteiger partial charge in [0.15, 0.2) is 5.76 Å². The number of furan rings is 1. The van der Waals surface area contributed by atoms with Gasteiger partial charge in [-0.3, -0.25) is 4.79 Å². The monoisotopic (exact) mass is 333 g/mol. The largest absolute Gasteiger partial charge is 0.484 e. The van der Waals surface area contributed by atoms with E-state index in [-0.39, 0.29) is 18.3 Å². The van der Waals surface area contributed by atoms with Crippen LogP contribution in [0.25, 0.3) is 0 Å². The summed E-state index contributed by atoms with van der Waals surface area (Å²) < 4.78 is 11.1. The third-order valence-electron chi connectivity index (χ3n) is 3.39. The first kappa shape index (κ1) is 16.3. The number of aryl methyl sites for hydroxylation is 1. The molecule has 0 saturated heterocycles. The molecule has 0 aliphatic rings. The summed E-state index contributed by atoms with van der Waals surface area (Å²) in [4.78, 5) is 16.4. The van der Waals surface area contributed by atoms with Gasteiger partial charge in [0, 0.05) is 5.69 Å². The van der Waals surface area contributed by atoms with E-state index in [4.69, 9.17) is 14.4 Å². The molecule has 0 bridgehead atoms. The first-order chi connectivity index (χ1) is 12.2. The van der Waals surface area contributed by atoms with Crippen LogP contribution in [-0.4, -0.2) is 10.9 Å². The first-order valence-electron chi connectivity index (χ1n) is 7.61. The predicted octanol–water partition coefficient (Wildman–Crippen LogP) is 3.69. The fraction of sp³-hybridized carbons (Fsp3) is 0.105. The minimum absolute atomic E-state index is 0.120. The SMILES string of the molecule is Cc1cccc(NC(=O)c2ccc(COc3ccccc3C#N)o2)n1. The molecule has 25 heavy (non-hydrogen) atoms. The second kappa shape index (κ2) is 7.32. The zero-order chi connectivity index (χ0) is 17.6. The summed E-state index contributed by atoms with van der Waals surface area (Å²) in [5, 5.41) is 11.7. The summed E-state index contributed by atoms with van der Waals surface area (Å²) in [6.07, 6.45) is 0. The Morgan fingerprint density at radius 1 is 1.20 bits per heavy atom. The lowest BCUT2D eigenvalue weighted by Crippen LogP contribution is -2.12. The third-order valence-corrected chi connectivity index (χ3v) is 3.39. The molecule has 0 spiro atoms. The van der Waals surface area contributed by atoms with Crippen molar-refractivity contribution >= 4 is 11.7 Å². The summed E-state index contributed by atoms with van der Waals surface area (Å²) in [5.74, 6) is 1.19. The quantitative estimate of drug-likeness (QED) is 0.769. The van der Waals surface area contributed by atoms with Crippen LogP contribution >= 0.6 is 0 Å². The van der Waals surface area contributed by atoms with Crippen LogP contribution < -0.4 is 10.1 Å². The highest BCUT2D eigenvalue weighted by atomic mass is 16.5. The lowest BCUT2D eigenvalue weighted by molar-refractivity contribution is 0.0992. The molecule has 1 aromatic carbocycles. The van der Waals surface area contributed by atoms with Gasteiger partial charge in [0.25, 0.3) is 5.91 Å². The van der Waals surface area contributed by atoms with Crippen molar-refractivity contribution in [1.29, 1.82) is 5.26 Å². The van der Waals surface area contributed by atoms with Crippen LogP contribution in [0.3, 0.4) is 0 Å². The zero-order valence-corrected chi connectivity index (χ0v) is 13.5. The van der Waals surface area contributed by atoms with Gasteiger partial charge in [-0.1, -0.05) is 18.2 Å². The third kappa shape index (κ3) is 4.03. The molecule has 0 radical (unpaired) electrons. The van der Waals surface area contributed by atoms with Crippen molar-refractivity contribution in [3.63, 3.8) is 0 Å². The number of nitriles is 1. The number of anilines is 1. The van der Waals surface area contributed by atoms with Crippen molar-refractivity contribution in [1.82, 2.24) is 4.98 Å². The molecule has 2 aromatic heterocycles. The topological polar surface area (TPSA) is 88.1 Å². The number of carbonyl (C=O) groups is 1. The number of para-hydroxylation sites is 1. The van der Waals surface area contributed by atoms with Crippen molar-refractivity contribution in [2.45, 2.75) is 13.5 Å². The molecular weight excluding hydrogens is 318 g/mol. The van der Waals surface area contributed by atoms with E-state index in [2.05, 4.69) is 16.4 Å². The Morgan fingerprint density at radius 2 is 2.04 bits per heavy atom. The van der Waals surface area contributed by atoms with Crippen LogP contribution in [0.5, 0.6) is 5.75 Å². The molecule has 0 unspecified atom stereocenters. The number of amides is 1. The Labute approximate surface area is 144 Å². The van der Waals surface area contributed by atoms with Crippen molar-refractivity contribution < 1.29 is 13.9 Å². The molecule has 0 saturated carbocycles. The van der Waals surface area contributed by atoms with Gasteiger partial charge in [-0.15, -0.1) is 0 Å². The average Bonchev–Trinajstić information content (AvgIpc) is 3.09. The number of hydrogen-bond donors (Lipinski definition) is 1. The Hall–Kier alpha value is -3.59. The first-order valence-corrected chi connectivity index (χ1v) is 7.61. The maximum Gasteiger partial charge on any atom is 0.292 e. The molecule has 0 aliphatic heterocycles. The zero-order valence-electron chi connectivity index (χ0n) is 13.5. The van der Waals surface area contributed by atoms with Crippen molar-refractivity contribution in [3.05, 3.63) is 77.4 Å². The van der Waals surface area contributed by atoms with Crippen LogP contribution in [0.1, 0.15) is 27.6 Å². The van der Waals surface area contributed by atoms with Gasteiger partial charge in [-0.05, 0) is 43.3 Å². The van der Waals surface area contributed by atoms with Crippen molar-refractivity contribution in [3.8, 4) is 11.8 Å². The second-order valence-electron chi connectivity index (χ2n) is 5.28. The second-order valence-corrected chi connectivity index (χ2v) is 5.28. The van der Waals surface area contributed by atoms with E-state index >= 15 is 0 Å². The van der Waals surface area contributed by atoms with Crippen LogP contribution in [-0.2, 0) is 6.61 Å². The number of nitrogens with zero attached hydrogens (tertiary/aromatic N) is 2. The molecule has 2 heterocycles. The number of ether oxygens (including phenoxy) is 1. The number of aromatic nitrogens is 1. The molecular formula is C19H15N3O3. The van der Waals surface area contributed by atoms with E-state index in [1.807, 2.05) is 19.1 Å². The van der Waals surface area contributed by atoms with E-state index in [0.717, 1.165) is 5.69 Å². The van der Waals surface area contributed by atoms with Gasteiger partial charge in [0.1, 0.15) is 30.0 Å². The van der Waals surface area contributed by atoms with Gasteiger partial charge in [-0.2, -0.15) is 5.26 Å². The van der Waals surface area contributed by atoms with Crippen LogP contribution in [0.15, 0.2) is 59.0 Å². The lowest BCUT2D eigenvalue weighted by atomic mass is 10.2. The van der Waals surface area contributed by atoms with Gasteiger partial charge >= 0.3 is 0 Å². The Kier molecular flexibility index (Phi) is 4.77. The number of carbonyl (C=O) groups excluding carboxylic acids is 1. The Balaban J connectivity index is 1.64. The molecule has 0 atom stereocenters. The summed E-state index contributed by atoms with van der Waals surface area (Å²) in [7, 11) is 0. The van der Waals surface area contributed by atoms with Gasteiger partial charge in [0.05, 0.1) is 5.56 Å². The molecule has 0 aliphatic carbocycles. The Bertz CT molecular complexity index is 941. The fourth-order valence-electron chi connectivity index (χ4n) is 2.20. The maximum atomic E-state index is 12.2. The summed E-state index contributed by atoms with van der Waals surface area (Å²) >= 11 is 0. The molecule has 124 valence electrons. The highest BCUT2D eigenvalue weighted by Gasteiger charge is 2.13. The summed E-state index contributed by atoms with van der Waals surface area (Å²) in [6.45, 7) is 1.96. The Morgan fingerprint density at radius 3 is 2.84 bits per heavy atom. The number of rotatable bonds is 5. The minimum Gasteiger partial charge on any atom is -0.484 e. The fourth-order valence-corrected chi connectivity index (χ4v) is 2.20. The van der Waals surface area contributed by atoms with Crippen LogP contribution in [0, 0.1) is 18.3 Å². The van der Waals surface area contributed by atoms with Gasteiger partial charge in [0.2, 0.25) is 0 Å². The van der Waals surface area contributed by atoms with E-state index in [1.54, 1.807) is 42.5 Å². The molecule has 6 nitrogen and oxygen atoms in total. The molecule has 0 fully saturated rings. The van der Waals surface area contributed by atoms with Crippen LogP contribution in [0.2, 0.25) is 0 Å². The van der Waals surface area contributed by atoms with Crippen LogP contribution in [0.4, 0.5) is 5.82 Å². The summed E-state index contributed by atoms with van der Waals surface area (Å²) in [5.41, 5.74) is 1.25. The average molecular weight is 333 g/mol. The number of pyridine rings is 1. The number of hydrogen-bond acceptors (Lipinski definition) is 5. The standard InChI is InChI=1S/C19H15N3O3/c1-13-5-4-8-18(21-13)22-19(23)17-10-9-15(25-17)12-24-16-7-3-2-6-14(16)11-20/h2-10H,12H2,1H3,(H,21,22,23). The molecule has 1 N–H and O–H groups in total. The molecule has 3 rings (SSSR count). The van der Waals surface area contributed by atoms with E-state index < -0.39 is 0 Å². The van der Waals surface area contributed by atoms with E-state index in [0.29, 0.717) is 22.9 Å². The van der Waals surface area contributed by atoms with Crippen molar-refractivity contribution in [2.75, 3.05) is 5.32 Å². The number of benzene rings is 1.